The van der Waals surface area contributed by atoms with Gasteiger partial charge in [-0.2, -0.15) is 0 Å². The van der Waals surface area contributed by atoms with Gasteiger partial charge >= 0.3 is 0 Å². The maximum absolute atomic E-state index is 10.9. The molecule has 0 aromatic carbocycles. The molecule has 3 N–H and O–H groups in total. The van der Waals surface area contributed by atoms with Crippen LogP contribution >= 0.6 is 12.4 Å². The minimum Gasteiger partial charge on any atom is -0.326 e. The van der Waals surface area contributed by atoms with Gasteiger partial charge in [0, 0.05) is 12.1 Å². The Bertz CT molecular complexity index is 243. The maximum atomic E-state index is 10.9. The first-order valence-electron chi connectivity index (χ1n) is 4.22. The second-order valence-corrected chi connectivity index (χ2v) is 5.22. The number of nitrogens with one attached hydrogen (secondary N) is 1. The first-order valence-corrected chi connectivity index (χ1v) is 6.11. The lowest BCUT2D eigenvalue weighted by atomic mass is 9.92. The van der Waals surface area contributed by atoms with Gasteiger partial charge in [-0.3, -0.25) is 0 Å². The highest BCUT2D eigenvalue weighted by Gasteiger charge is 2.23. The fourth-order valence-electron chi connectivity index (χ4n) is 1.58. The molecule has 1 rings (SSSR count). The summed E-state index contributed by atoms with van der Waals surface area (Å²) in [4.78, 5) is 0. The smallest absolute Gasteiger partial charge is 0.209 e. The Morgan fingerprint density at radius 3 is 2.31 bits per heavy atom. The van der Waals surface area contributed by atoms with E-state index in [0.717, 1.165) is 25.7 Å². The third kappa shape index (κ3) is 4.81. The molecule has 2 atom stereocenters. The molecule has 6 heteroatoms. The van der Waals surface area contributed by atoms with E-state index in [2.05, 4.69) is 4.72 Å². The van der Waals surface area contributed by atoms with Crippen LogP contribution in [0.25, 0.3) is 0 Å². The first kappa shape index (κ1) is 13.2. The highest BCUT2D eigenvalue weighted by Crippen LogP contribution is 2.17. The average molecular weight is 229 g/mol. The van der Waals surface area contributed by atoms with E-state index in [4.69, 9.17) is 5.73 Å². The van der Waals surface area contributed by atoms with Gasteiger partial charge in [-0.25, -0.2) is 13.1 Å². The van der Waals surface area contributed by atoms with E-state index in [1.807, 2.05) is 0 Å². The molecular weight excluding hydrogens is 212 g/mol. The van der Waals surface area contributed by atoms with E-state index in [1.54, 1.807) is 0 Å². The van der Waals surface area contributed by atoms with Crippen molar-refractivity contribution in [2.45, 2.75) is 37.8 Å². The van der Waals surface area contributed by atoms with E-state index in [-0.39, 0.29) is 24.5 Å². The lowest BCUT2D eigenvalue weighted by Crippen LogP contribution is -2.48. The van der Waals surface area contributed by atoms with Crippen LogP contribution in [0.3, 0.4) is 0 Å². The molecule has 1 fully saturated rings. The fourth-order valence-corrected chi connectivity index (χ4v) is 2.42. The number of hydrogen-bond donors (Lipinski definition) is 2. The SMILES string of the molecule is CS(=O)(=O)N[C@@H]1CCCC[C@H]1N.Cl. The van der Waals surface area contributed by atoms with Gasteiger partial charge in [-0.15, -0.1) is 12.4 Å². The van der Waals surface area contributed by atoms with Gasteiger partial charge in [-0.1, -0.05) is 12.8 Å². The van der Waals surface area contributed by atoms with Crippen molar-refractivity contribution < 1.29 is 8.42 Å². The van der Waals surface area contributed by atoms with Crippen molar-refractivity contribution in [3.8, 4) is 0 Å². The molecule has 0 heterocycles. The van der Waals surface area contributed by atoms with Crippen molar-refractivity contribution >= 4 is 22.4 Å². The molecule has 0 aromatic rings. The fraction of sp³-hybridized carbons (Fsp3) is 1.00. The quantitative estimate of drug-likeness (QED) is 0.711. The average Bonchev–Trinajstić information content (AvgIpc) is 1.91. The normalized spacial score (nSPS) is 29.4. The van der Waals surface area contributed by atoms with Gasteiger partial charge in [0.2, 0.25) is 10.0 Å². The number of nitrogens with two attached hydrogens (primary N) is 1. The Morgan fingerprint density at radius 2 is 1.85 bits per heavy atom. The number of rotatable bonds is 2. The molecule has 0 unspecified atom stereocenters. The van der Waals surface area contributed by atoms with E-state index < -0.39 is 10.0 Å². The molecular formula is C7H17ClN2O2S. The molecule has 1 aliphatic carbocycles. The molecule has 0 aromatic heterocycles. The minimum absolute atomic E-state index is 0. The summed E-state index contributed by atoms with van der Waals surface area (Å²) in [5.41, 5.74) is 5.76. The monoisotopic (exact) mass is 228 g/mol. The highest BCUT2D eigenvalue weighted by atomic mass is 35.5. The molecule has 0 amide bonds. The molecule has 13 heavy (non-hydrogen) atoms. The van der Waals surface area contributed by atoms with Crippen LogP contribution in [0.1, 0.15) is 25.7 Å². The number of sulfonamides is 1. The molecule has 0 saturated heterocycles. The van der Waals surface area contributed by atoms with Gasteiger partial charge in [0.25, 0.3) is 0 Å². The summed E-state index contributed by atoms with van der Waals surface area (Å²) in [6.07, 6.45) is 5.15. The maximum Gasteiger partial charge on any atom is 0.209 e. The Balaban J connectivity index is 0.00000144. The summed E-state index contributed by atoms with van der Waals surface area (Å²) in [5, 5.41) is 0. The summed E-state index contributed by atoms with van der Waals surface area (Å²) in [6, 6.07) is -0.0535. The van der Waals surface area contributed by atoms with Crippen molar-refractivity contribution in [2.75, 3.05) is 6.26 Å². The van der Waals surface area contributed by atoms with Crippen molar-refractivity contribution in [3.63, 3.8) is 0 Å². The summed E-state index contributed by atoms with van der Waals surface area (Å²) < 4.78 is 24.3. The van der Waals surface area contributed by atoms with Gasteiger partial charge in [0.05, 0.1) is 6.26 Å². The van der Waals surface area contributed by atoms with Crippen LogP contribution in [0.15, 0.2) is 0 Å². The van der Waals surface area contributed by atoms with E-state index in [9.17, 15) is 8.42 Å². The van der Waals surface area contributed by atoms with Crippen LogP contribution < -0.4 is 10.5 Å². The summed E-state index contributed by atoms with van der Waals surface area (Å²) in [5.74, 6) is 0. The summed E-state index contributed by atoms with van der Waals surface area (Å²) in [7, 11) is -3.09. The Kier molecular flexibility index (Phi) is 5.21. The van der Waals surface area contributed by atoms with Crippen LogP contribution in [-0.4, -0.2) is 26.8 Å². The first-order chi connectivity index (χ1) is 5.49. The molecule has 4 nitrogen and oxygen atoms in total. The summed E-state index contributed by atoms with van der Waals surface area (Å²) >= 11 is 0. The molecule has 80 valence electrons. The van der Waals surface area contributed by atoms with Crippen LogP contribution in [0.5, 0.6) is 0 Å². The van der Waals surface area contributed by atoms with E-state index in [1.165, 1.54) is 6.26 Å². The van der Waals surface area contributed by atoms with Crippen molar-refractivity contribution in [1.29, 1.82) is 0 Å². The Morgan fingerprint density at radius 1 is 1.31 bits per heavy atom. The van der Waals surface area contributed by atoms with Crippen LogP contribution in [0, 0.1) is 0 Å². The van der Waals surface area contributed by atoms with Crippen LogP contribution in [0.2, 0.25) is 0 Å². The van der Waals surface area contributed by atoms with Crippen molar-refractivity contribution in [3.05, 3.63) is 0 Å². The topological polar surface area (TPSA) is 72.2 Å². The number of halogens is 1. The van der Waals surface area contributed by atoms with E-state index in [0.29, 0.717) is 0 Å². The zero-order valence-electron chi connectivity index (χ0n) is 7.69. The predicted molar refractivity (Wildman–Crippen MR) is 55.5 cm³/mol. The van der Waals surface area contributed by atoms with Gasteiger partial charge < -0.3 is 5.73 Å². The van der Waals surface area contributed by atoms with Crippen LogP contribution in [0.4, 0.5) is 0 Å². The largest absolute Gasteiger partial charge is 0.326 e. The molecule has 0 aliphatic heterocycles. The molecule has 0 bridgehead atoms. The lowest BCUT2D eigenvalue weighted by Gasteiger charge is -2.28. The van der Waals surface area contributed by atoms with Gasteiger partial charge in [-0.05, 0) is 12.8 Å². The van der Waals surface area contributed by atoms with Crippen molar-refractivity contribution in [1.82, 2.24) is 4.72 Å². The van der Waals surface area contributed by atoms with Crippen molar-refractivity contribution in [2.24, 2.45) is 5.73 Å². The second-order valence-electron chi connectivity index (χ2n) is 3.44. The zero-order valence-corrected chi connectivity index (χ0v) is 9.33. The third-order valence-corrected chi connectivity index (χ3v) is 2.92. The lowest BCUT2D eigenvalue weighted by molar-refractivity contribution is 0.361. The molecule has 1 aliphatic rings. The van der Waals surface area contributed by atoms with Gasteiger partial charge in [0.15, 0.2) is 0 Å². The van der Waals surface area contributed by atoms with Gasteiger partial charge in [0.1, 0.15) is 0 Å². The highest BCUT2D eigenvalue weighted by molar-refractivity contribution is 7.88. The Labute approximate surface area is 85.7 Å². The Hall–Kier alpha value is 0.160. The molecule has 1 saturated carbocycles. The minimum atomic E-state index is -3.09. The summed E-state index contributed by atoms with van der Waals surface area (Å²) in [6.45, 7) is 0. The number of hydrogen-bond acceptors (Lipinski definition) is 3. The standard InChI is InChI=1S/C7H16N2O2S.ClH/c1-12(10,11)9-7-5-3-2-4-6(7)8;/h6-7,9H,2-5,8H2,1H3;1H/t6-,7-;/m1./s1. The third-order valence-electron chi connectivity index (χ3n) is 2.18. The zero-order chi connectivity index (χ0) is 9.19. The van der Waals surface area contributed by atoms with Crippen LogP contribution in [-0.2, 0) is 10.0 Å². The predicted octanol–water partition coefficient (Wildman–Crippen LogP) is 0.227. The van der Waals surface area contributed by atoms with E-state index >= 15 is 0 Å². The molecule has 0 radical (unpaired) electrons. The second kappa shape index (κ2) is 5.14. The molecule has 0 spiro atoms.